The average Bonchev–Trinajstić information content (AvgIpc) is 3.26. The van der Waals surface area contributed by atoms with Crippen LogP contribution in [0.15, 0.2) is 49.1 Å². The first-order valence-electron chi connectivity index (χ1n) is 12.0. The third kappa shape index (κ3) is 10.1. The van der Waals surface area contributed by atoms with Gasteiger partial charge < -0.3 is 0 Å². The number of hydrogen-bond donors (Lipinski definition) is 1. The number of hydrogen-bond acceptors (Lipinski definition) is 0. The molecule has 1 aromatic heterocycles. The molecule has 0 bridgehead atoms. The van der Waals surface area contributed by atoms with E-state index in [1.54, 1.807) is 0 Å². The normalized spacial score (nSPS) is 12.3. The van der Waals surface area contributed by atoms with Gasteiger partial charge in [0.05, 0.1) is 0 Å². The van der Waals surface area contributed by atoms with E-state index >= 15 is 0 Å². The fourth-order valence-electron chi connectivity index (χ4n) is 4.17. The average molecular weight is 384 g/mol. The predicted molar refractivity (Wildman–Crippen MR) is 120 cm³/mol. The van der Waals surface area contributed by atoms with E-state index in [0.29, 0.717) is 6.04 Å². The van der Waals surface area contributed by atoms with Gasteiger partial charge in [0.15, 0.2) is 0 Å². The highest BCUT2D eigenvalue weighted by atomic mass is 15.0. The van der Waals surface area contributed by atoms with Gasteiger partial charge in [-0.15, -0.1) is 0 Å². The largest absolute Gasteiger partial charge is 0.250 e. The van der Waals surface area contributed by atoms with Crippen molar-refractivity contribution in [2.24, 2.45) is 0 Å². The van der Waals surface area contributed by atoms with Crippen molar-refractivity contribution < 1.29 is 4.57 Å². The van der Waals surface area contributed by atoms with Gasteiger partial charge in [0.25, 0.3) is 0 Å². The van der Waals surface area contributed by atoms with Gasteiger partial charge in [-0.1, -0.05) is 108 Å². The van der Waals surface area contributed by atoms with Crippen molar-refractivity contribution in [3.8, 4) is 0 Å². The second-order valence-electron chi connectivity index (χ2n) is 8.41. The smallest absolute Gasteiger partial charge is 0.241 e. The summed E-state index contributed by atoms with van der Waals surface area (Å²) < 4.78 is 2.38. The fraction of sp³-hybridized carbons (Fsp3) is 0.654. The minimum absolute atomic E-state index is 0.620. The van der Waals surface area contributed by atoms with Gasteiger partial charge in [0, 0.05) is 0 Å². The lowest BCUT2D eigenvalue weighted by atomic mass is 9.99. The van der Waals surface area contributed by atoms with Gasteiger partial charge >= 0.3 is 0 Å². The van der Waals surface area contributed by atoms with E-state index in [4.69, 9.17) is 0 Å². The summed E-state index contributed by atoms with van der Waals surface area (Å²) in [6.45, 7) is 2.29. The second-order valence-corrected chi connectivity index (χ2v) is 8.41. The van der Waals surface area contributed by atoms with Crippen molar-refractivity contribution in [3.63, 3.8) is 0 Å². The summed E-state index contributed by atoms with van der Waals surface area (Å²) >= 11 is 0. The van der Waals surface area contributed by atoms with Crippen molar-refractivity contribution in [3.05, 3.63) is 54.6 Å². The topological polar surface area (TPSA) is 19.7 Å². The van der Waals surface area contributed by atoms with Gasteiger partial charge in [-0.2, -0.15) is 0 Å². The Morgan fingerprint density at radius 2 is 1.36 bits per heavy atom. The number of nitrogens with one attached hydrogen (secondary N) is 1. The van der Waals surface area contributed by atoms with Gasteiger partial charge in [0.1, 0.15) is 18.4 Å². The number of benzene rings is 1. The van der Waals surface area contributed by atoms with Crippen LogP contribution in [0.2, 0.25) is 0 Å². The van der Waals surface area contributed by atoms with E-state index in [1.165, 1.54) is 102 Å². The summed E-state index contributed by atoms with van der Waals surface area (Å²) in [6.07, 6.45) is 27.1. The lowest BCUT2D eigenvalue weighted by Crippen LogP contribution is -2.37. The minimum atomic E-state index is 0.620. The lowest BCUT2D eigenvalue weighted by molar-refractivity contribution is -0.723. The summed E-state index contributed by atoms with van der Waals surface area (Å²) in [6, 6.07) is 11.5. The molecule has 0 amide bonds. The molecule has 1 N–H and O–H groups in total. The molecule has 1 heterocycles. The zero-order valence-electron chi connectivity index (χ0n) is 18.2. The molecule has 2 heteroatoms. The molecule has 0 saturated heterocycles. The van der Waals surface area contributed by atoms with Crippen molar-refractivity contribution in [1.82, 2.24) is 4.98 Å². The molecule has 0 aliphatic carbocycles. The monoisotopic (exact) mass is 383 g/mol. The Morgan fingerprint density at radius 1 is 0.750 bits per heavy atom. The number of unbranched alkanes of at least 4 members (excludes halogenated alkanes) is 11. The molecular weight excluding hydrogens is 340 g/mol. The Bertz CT molecular complexity index is 561. The van der Waals surface area contributed by atoms with Crippen LogP contribution in [0.4, 0.5) is 0 Å². The molecule has 0 fully saturated rings. The van der Waals surface area contributed by atoms with Crippen LogP contribution < -0.4 is 4.57 Å². The number of imidazole rings is 1. The maximum absolute atomic E-state index is 3.22. The second kappa shape index (κ2) is 15.4. The molecule has 2 rings (SSSR count). The van der Waals surface area contributed by atoms with Crippen LogP contribution in [-0.4, -0.2) is 4.98 Å². The Labute approximate surface area is 173 Å². The van der Waals surface area contributed by atoms with E-state index in [9.17, 15) is 0 Å². The molecule has 0 radical (unpaired) electrons. The predicted octanol–water partition coefficient (Wildman–Crippen LogP) is 7.57. The molecule has 156 valence electrons. The maximum atomic E-state index is 3.22. The SMILES string of the molecule is CCCCCCCCCCCCCCC(CCc1ccccc1)[n+]1cc[nH]c1. The standard InChI is InChI=1S/C26H42N2/c1-2-3-4-5-6-7-8-9-10-11-12-16-19-26(28-23-22-27-24-28)21-20-25-17-14-13-15-18-25/h13-15,17-18,22-24,26H,2-12,16,19-21H2,1H3/p+1. The minimum Gasteiger partial charge on any atom is -0.250 e. The highest BCUT2D eigenvalue weighted by Gasteiger charge is 2.15. The molecule has 1 unspecified atom stereocenters. The number of aryl methyl sites for hydroxylation is 1. The number of nitrogens with zero attached hydrogens (tertiary/aromatic N) is 1. The van der Waals surface area contributed by atoms with Gasteiger partial charge in [-0.3, -0.25) is 4.98 Å². The highest BCUT2D eigenvalue weighted by molar-refractivity contribution is 5.14. The first kappa shape index (κ1) is 22.7. The fourth-order valence-corrected chi connectivity index (χ4v) is 4.17. The highest BCUT2D eigenvalue weighted by Crippen LogP contribution is 2.18. The summed E-state index contributed by atoms with van der Waals surface area (Å²) in [5.41, 5.74) is 1.46. The third-order valence-corrected chi connectivity index (χ3v) is 5.99. The third-order valence-electron chi connectivity index (χ3n) is 5.99. The Hall–Kier alpha value is -1.57. The zero-order chi connectivity index (χ0) is 19.7. The van der Waals surface area contributed by atoms with Crippen molar-refractivity contribution in [1.29, 1.82) is 0 Å². The number of aromatic amines is 1. The van der Waals surface area contributed by atoms with E-state index in [-0.39, 0.29) is 0 Å². The van der Waals surface area contributed by atoms with Gasteiger partial charge in [-0.05, 0) is 31.2 Å². The first-order chi connectivity index (χ1) is 13.9. The molecule has 1 aromatic carbocycles. The van der Waals surface area contributed by atoms with Crippen molar-refractivity contribution >= 4 is 0 Å². The van der Waals surface area contributed by atoms with Crippen LogP contribution in [-0.2, 0) is 6.42 Å². The summed E-state index contributed by atoms with van der Waals surface area (Å²) in [4.78, 5) is 3.22. The molecule has 0 spiro atoms. The molecule has 2 nitrogen and oxygen atoms in total. The molecule has 0 aliphatic rings. The van der Waals surface area contributed by atoms with Crippen LogP contribution >= 0.6 is 0 Å². The number of H-pyrrole nitrogens is 1. The zero-order valence-corrected chi connectivity index (χ0v) is 18.2. The number of aromatic nitrogens is 2. The van der Waals surface area contributed by atoms with E-state index in [1.807, 2.05) is 6.20 Å². The Balaban J connectivity index is 1.53. The lowest BCUT2D eigenvalue weighted by Gasteiger charge is -2.14. The molecule has 2 aromatic rings. The van der Waals surface area contributed by atoms with Crippen LogP contribution in [0, 0.1) is 0 Å². The van der Waals surface area contributed by atoms with E-state index in [2.05, 4.69) is 59.3 Å². The first-order valence-corrected chi connectivity index (χ1v) is 12.0. The quantitative estimate of drug-likeness (QED) is 0.215. The Kier molecular flexibility index (Phi) is 12.5. The van der Waals surface area contributed by atoms with Crippen molar-refractivity contribution in [2.75, 3.05) is 0 Å². The van der Waals surface area contributed by atoms with E-state index in [0.717, 1.165) is 0 Å². The summed E-state index contributed by atoms with van der Waals surface area (Å²) in [5, 5.41) is 0. The molecular formula is C26H43N2+. The molecule has 28 heavy (non-hydrogen) atoms. The van der Waals surface area contributed by atoms with Crippen LogP contribution in [0.25, 0.3) is 0 Å². The van der Waals surface area contributed by atoms with Gasteiger partial charge in [0.2, 0.25) is 6.33 Å². The molecule has 1 atom stereocenters. The maximum Gasteiger partial charge on any atom is 0.241 e. The summed E-state index contributed by atoms with van der Waals surface area (Å²) in [5.74, 6) is 0. The van der Waals surface area contributed by atoms with Crippen molar-refractivity contribution in [2.45, 2.75) is 109 Å². The van der Waals surface area contributed by atoms with Crippen LogP contribution in [0.3, 0.4) is 0 Å². The van der Waals surface area contributed by atoms with Crippen LogP contribution in [0.1, 0.15) is 108 Å². The van der Waals surface area contributed by atoms with Gasteiger partial charge in [-0.25, -0.2) is 4.57 Å². The summed E-state index contributed by atoms with van der Waals surface area (Å²) in [7, 11) is 0. The van der Waals surface area contributed by atoms with E-state index < -0.39 is 0 Å². The Morgan fingerprint density at radius 3 is 1.93 bits per heavy atom. The number of rotatable bonds is 17. The molecule has 0 saturated carbocycles. The van der Waals surface area contributed by atoms with Crippen LogP contribution in [0.5, 0.6) is 0 Å². The molecule has 0 aliphatic heterocycles.